The summed E-state index contributed by atoms with van der Waals surface area (Å²) in [4.78, 5) is 2.47. The Morgan fingerprint density at radius 1 is 0.808 bits per heavy atom. The lowest BCUT2D eigenvalue weighted by Gasteiger charge is -2.15. The van der Waals surface area contributed by atoms with Crippen molar-refractivity contribution >= 4 is 11.1 Å². The summed E-state index contributed by atoms with van der Waals surface area (Å²) in [5.74, 6) is 1.83. The van der Waals surface area contributed by atoms with Gasteiger partial charge in [-0.25, -0.2) is 0 Å². The fourth-order valence-electron chi connectivity index (χ4n) is 3.37. The molecule has 1 aliphatic rings. The molecule has 0 atom stereocenters. The van der Waals surface area contributed by atoms with Crippen molar-refractivity contribution < 1.29 is 9.47 Å². The Kier molecular flexibility index (Phi) is 6.35. The molecule has 1 aliphatic heterocycles. The Bertz CT molecular complexity index is 726. The van der Waals surface area contributed by atoms with Crippen molar-refractivity contribution in [1.82, 2.24) is 4.90 Å². The number of rotatable bonds is 7. The summed E-state index contributed by atoms with van der Waals surface area (Å²) in [5.41, 5.74) is 4.99. The van der Waals surface area contributed by atoms with Gasteiger partial charge in [-0.05, 0) is 86.3 Å². The number of allylic oxidation sites excluding steroid dienone is 2. The predicted molar refractivity (Wildman–Crippen MR) is 109 cm³/mol. The molecule has 3 heteroatoms. The molecular weight excluding hydrogens is 322 g/mol. The molecule has 0 aromatic heterocycles. The van der Waals surface area contributed by atoms with Crippen LogP contribution in [0.2, 0.25) is 0 Å². The molecule has 0 unspecified atom stereocenters. The second kappa shape index (κ2) is 8.91. The number of likely N-dealkylation sites (tertiary alicyclic amines) is 1. The highest BCUT2D eigenvalue weighted by molar-refractivity contribution is 5.89. The molecule has 138 valence electrons. The van der Waals surface area contributed by atoms with Gasteiger partial charge in [-0.15, -0.1) is 0 Å². The van der Waals surface area contributed by atoms with Crippen LogP contribution in [0.15, 0.2) is 48.5 Å². The molecule has 0 N–H and O–H groups in total. The highest BCUT2D eigenvalue weighted by atomic mass is 16.5. The van der Waals surface area contributed by atoms with Gasteiger partial charge in [0.15, 0.2) is 0 Å². The fourth-order valence-corrected chi connectivity index (χ4v) is 3.37. The second-order valence-corrected chi connectivity index (χ2v) is 6.90. The third-order valence-corrected chi connectivity index (χ3v) is 5.25. The first-order chi connectivity index (χ1) is 12.7. The monoisotopic (exact) mass is 351 g/mol. The molecular formula is C23H29NO2. The van der Waals surface area contributed by atoms with Gasteiger partial charge >= 0.3 is 0 Å². The topological polar surface area (TPSA) is 21.7 Å². The highest BCUT2D eigenvalue weighted by Gasteiger charge is 2.10. The van der Waals surface area contributed by atoms with Crippen LogP contribution in [0, 0.1) is 0 Å². The summed E-state index contributed by atoms with van der Waals surface area (Å²) in [7, 11) is 1.69. The van der Waals surface area contributed by atoms with Crippen molar-refractivity contribution in [3.8, 4) is 11.5 Å². The number of benzene rings is 2. The lowest BCUT2D eigenvalue weighted by atomic mass is 9.97. The van der Waals surface area contributed by atoms with Gasteiger partial charge in [0.25, 0.3) is 0 Å². The zero-order valence-corrected chi connectivity index (χ0v) is 16.1. The van der Waals surface area contributed by atoms with E-state index in [9.17, 15) is 0 Å². The molecule has 1 fully saturated rings. The molecule has 0 amide bonds. The van der Waals surface area contributed by atoms with Crippen molar-refractivity contribution in [1.29, 1.82) is 0 Å². The van der Waals surface area contributed by atoms with E-state index < -0.39 is 0 Å². The Labute approximate surface area is 157 Å². The minimum atomic E-state index is 0.763. The smallest absolute Gasteiger partial charge is 0.119 e. The summed E-state index contributed by atoms with van der Waals surface area (Å²) < 4.78 is 11.1. The highest BCUT2D eigenvalue weighted by Crippen LogP contribution is 2.28. The van der Waals surface area contributed by atoms with Crippen molar-refractivity contribution in [2.75, 3.05) is 33.4 Å². The first-order valence-electron chi connectivity index (χ1n) is 9.45. The maximum absolute atomic E-state index is 5.90. The van der Waals surface area contributed by atoms with E-state index in [2.05, 4.69) is 55.1 Å². The van der Waals surface area contributed by atoms with Gasteiger partial charge in [-0.1, -0.05) is 24.3 Å². The molecule has 3 nitrogen and oxygen atoms in total. The summed E-state index contributed by atoms with van der Waals surface area (Å²) >= 11 is 0. The van der Waals surface area contributed by atoms with E-state index in [-0.39, 0.29) is 0 Å². The third kappa shape index (κ3) is 4.67. The fraction of sp³-hybridized carbons (Fsp3) is 0.391. The molecule has 1 saturated heterocycles. The van der Waals surface area contributed by atoms with Crippen LogP contribution in [0.3, 0.4) is 0 Å². The Morgan fingerprint density at radius 3 is 1.81 bits per heavy atom. The summed E-state index contributed by atoms with van der Waals surface area (Å²) in [5, 5.41) is 0. The van der Waals surface area contributed by atoms with Crippen LogP contribution in [0.5, 0.6) is 11.5 Å². The van der Waals surface area contributed by atoms with Gasteiger partial charge in [0.2, 0.25) is 0 Å². The van der Waals surface area contributed by atoms with Gasteiger partial charge in [0.1, 0.15) is 18.1 Å². The van der Waals surface area contributed by atoms with Crippen molar-refractivity contribution in [3.05, 3.63) is 59.7 Å². The van der Waals surface area contributed by atoms with E-state index in [1.807, 2.05) is 12.1 Å². The standard InChI is InChI=1S/C23H29NO2/c1-18(20-6-10-22(25-3)11-7-20)19(2)21-8-12-23(13-9-21)26-17-16-24-14-4-5-15-24/h6-13H,4-5,14-17H2,1-3H3/b19-18+. The van der Waals surface area contributed by atoms with Gasteiger partial charge in [0.05, 0.1) is 7.11 Å². The van der Waals surface area contributed by atoms with Crippen LogP contribution in [0.1, 0.15) is 37.8 Å². The molecule has 0 spiro atoms. The normalized spacial score (nSPS) is 15.7. The third-order valence-electron chi connectivity index (χ3n) is 5.25. The maximum Gasteiger partial charge on any atom is 0.119 e. The van der Waals surface area contributed by atoms with Gasteiger partial charge in [-0.3, -0.25) is 4.90 Å². The number of methoxy groups -OCH3 is 1. The first-order valence-corrected chi connectivity index (χ1v) is 9.45. The Morgan fingerprint density at radius 2 is 1.31 bits per heavy atom. The van der Waals surface area contributed by atoms with E-state index in [1.165, 1.54) is 48.2 Å². The van der Waals surface area contributed by atoms with E-state index >= 15 is 0 Å². The average molecular weight is 351 g/mol. The maximum atomic E-state index is 5.90. The largest absolute Gasteiger partial charge is 0.497 e. The van der Waals surface area contributed by atoms with Crippen molar-refractivity contribution in [2.24, 2.45) is 0 Å². The predicted octanol–water partition coefficient (Wildman–Crippen LogP) is 5.12. The van der Waals surface area contributed by atoms with Gasteiger partial charge in [-0.2, -0.15) is 0 Å². The molecule has 0 aliphatic carbocycles. The summed E-state index contributed by atoms with van der Waals surface area (Å²) in [6.45, 7) is 8.56. The van der Waals surface area contributed by atoms with E-state index in [0.717, 1.165) is 24.7 Å². The van der Waals surface area contributed by atoms with Crippen LogP contribution in [0.25, 0.3) is 11.1 Å². The van der Waals surface area contributed by atoms with Crippen LogP contribution >= 0.6 is 0 Å². The van der Waals surface area contributed by atoms with Crippen LogP contribution < -0.4 is 9.47 Å². The van der Waals surface area contributed by atoms with Crippen LogP contribution in [-0.4, -0.2) is 38.3 Å². The Hall–Kier alpha value is -2.26. The quantitative estimate of drug-likeness (QED) is 0.646. The molecule has 2 aromatic rings. The number of hydrogen-bond acceptors (Lipinski definition) is 3. The molecule has 2 aromatic carbocycles. The number of nitrogens with zero attached hydrogens (tertiary/aromatic N) is 1. The van der Waals surface area contributed by atoms with E-state index in [4.69, 9.17) is 9.47 Å². The summed E-state index contributed by atoms with van der Waals surface area (Å²) in [6, 6.07) is 16.7. The van der Waals surface area contributed by atoms with E-state index in [1.54, 1.807) is 7.11 Å². The van der Waals surface area contributed by atoms with Gasteiger partial charge in [0, 0.05) is 6.54 Å². The minimum absolute atomic E-state index is 0.763. The lowest BCUT2D eigenvalue weighted by molar-refractivity contribution is 0.238. The van der Waals surface area contributed by atoms with Crippen LogP contribution in [0.4, 0.5) is 0 Å². The number of ether oxygens (including phenoxy) is 2. The molecule has 0 radical (unpaired) electrons. The Balaban J connectivity index is 1.62. The minimum Gasteiger partial charge on any atom is -0.497 e. The molecule has 26 heavy (non-hydrogen) atoms. The van der Waals surface area contributed by atoms with Crippen molar-refractivity contribution in [3.63, 3.8) is 0 Å². The zero-order valence-electron chi connectivity index (χ0n) is 16.1. The van der Waals surface area contributed by atoms with Gasteiger partial charge < -0.3 is 9.47 Å². The molecule has 1 heterocycles. The average Bonchev–Trinajstić information content (AvgIpc) is 3.21. The molecule has 0 saturated carbocycles. The summed E-state index contributed by atoms with van der Waals surface area (Å²) in [6.07, 6.45) is 2.65. The van der Waals surface area contributed by atoms with Crippen molar-refractivity contribution in [2.45, 2.75) is 26.7 Å². The number of hydrogen-bond donors (Lipinski definition) is 0. The lowest BCUT2D eigenvalue weighted by Crippen LogP contribution is -2.25. The zero-order chi connectivity index (χ0) is 18.4. The first kappa shape index (κ1) is 18.5. The molecule has 0 bridgehead atoms. The SMILES string of the molecule is COc1ccc(/C(C)=C(\C)c2ccc(OCCN3CCCC3)cc2)cc1. The molecule has 3 rings (SSSR count). The second-order valence-electron chi connectivity index (χ2n) is 6.90. The van der Waals surface area contributed by atoms with Crippen LogP contribution in [-0.2, 0) is 0 Å². The van der Waals surface area contributed by atoms with E-state index in [0.29, 0.717) is 0 Å².